The predicted octanol–water partition coefficient (Wildman–Crippen LogP) is 2.15. The van der Waals surface area contributed by atoms with E-state index in [1.165, 1.54) is 11.3 Å². The molecule has 0 fully saturated rings. The summed E-state index contributed by atoms with van der Waals surface area (Å²) >= 11 is 1.46. The lowest BCUT2D eigenvalue weighted by Gasteiger charge is -2.24. The van der Waals surface area contributed by atoms with Crippen molar-refractivity contribution in [3.63, 3.8) is 0 Å². The molecular weight excluding hydrogens is 252 g/mol. The molecule has 2 rings (SSSR count). The molecule has 2 aromatic rings. The largest absolute Gasteiger partial charge is 0.481 e. The highest BCUT2D eigenvalue weighted by molar-refractivity contribution is 7.20. The normalized spacial score (nSPS) is 11.9. The van der Waals surface area contributed by atoms with E-state index in [4.69, 9.17) is 5.11 Å². The number of carboxylic acid groups (broad SMARTS) is 1. The van der Waals surface area contributed by atoms with Gasteiger partial charge in [0.15, 0.2) is 0 Å². The summed E-state index contributed by atoms with van der Waals surface area (Å²) in [4.78, 5) is 15.7. The fourth-order valence-corrected chi connectivity index (χ4v) is 2.64. The minimum absolute atomic E-state index is 0.140. The van der Waals surface area contributed by atoms with Crippen molar-refractivity contribution in [1.29, 1.82) is 0 Å². The van der Waals surface area contributed by atoms with Crippen LogP contribution in [-0.4, -0.2) is 31.2 Å². The molecule has 0 spiro atoms. The molecule has 98 valence electrons. The van der Waals surface area contributed by atoms with E-state index in [9.17, 15) is 4.79 Å². The maximum atomic E-state index is 10.6. The van der Waals surface area contributed by atoms with Gasteiger partial charge in [-0.1, -0.05) is 11.3 Å². The molecule has 0 amide bonds. The van der Waals surface area contributed by atoms with Gasteiger partial charge in [-0.2, -0.15) is 0 Å². The topological polar surface area (TPSA) is 79.5 Å². The molecule has 0 bridgehead atoms. The van der Waals surface area contributed by atoms with Gasteiger partial charge in [0.1, 0.15) is 0 Å². The number of aliphatic carboxylic acids is 1. The van der Waals surface area contributed by atoms with Gasteiger partial charge in [-0.3, -0.25) is 4.79 Å². The summed E-state index contributed by atoms with van der Waals surface area (Å²) in [5, 5.41) is 17.1. The van der Waals surface area contributed by atoms with Crippen LogP contribution in [0.15, 0.2) is 6.20 Å². The van der Waals surface area contributed by atoms with E-state index < -0.39 is 5.97 Å². The molecule has 0 aliphatic carbocycles. The third-order valence-electron chi connectivity index (χ3n) is 2.57. The first-order valence-electron chi connectivity index (χ1n) is 5.68. The standard InChI is InChI=1S/C11H16N4O2S/c1-7-6-15-10(12-7)18-9(14-15)13-11(2,3)5-4-8(16)17/h6H,4-5H2,1-3H3,(H,13,14)(H,16,17). The van der Waals surface area contributed by atoms with Crippen LogP contribution in [0, 0.1) is 6.92 Å². The number of aryl methyl sites for hydroxylation is 1. The zero-order valence-corrected chi connectivity index (χ0v) is 11.4. The van der Waals surface area contributed by atoms with Crippen molar-refractivity contribution < 1.29 is 9.90 Å². The number of nitrogens with zero attached hydrogens (tertiary/aromatic N) is 3. The molecule has 2 N–H and O–H groups in total. The van der Waals surface area contributed by atoms with Gasteiger partial charge in [-0.25, -0.2) is 9.50 Å². The second-order valence-electron chi connectivity index (χ2n) is 4.92. The fraction of sp³-hybridized carbons (Fsp3) is 0.545. The van der Waals surface area contributed by atoms with E-state index >= 15 is 0 Å². The maximum Gasteiger partial charge on any atom is 0.303 e. The van der Waals surface area contributed by atoms with Crippen LogP contribution in [0.5, 0.6) is 0 Å². The Morgan fingerprint density at radius 3 is 2.94 bits per heavy atom. The molecule has 18 heavy (non-hydrogen) atoms. The maximum absolute atomic E-state index is 10.6. The number of hydrogen-bond donors (Lipinski definition) is 2. The number of nitrogens with one attached hydrogen (secondary N) is 1. The first kappa shape index (κ1) is 12.8. The second-order valence-corrected chi connectivity index (χ2v) is 5.88. The number of rotatable bonds is 5. The van der Waals surface area contributed by atoms with Crippen LogP contribution in [0.25, 0.3) is 4.96 Å². The molecule has 0 unspecified atom stereocenters. The number of carboxylic acids is 1. The monoisotopic (exact) mass is 268 g/mol. The number of carbonyl (C=O) groups is 1. The van der Waals surface area contributed by atoms with E-state index in [1.54, 1.807) is 4.52 Å². The number of hydrogen-bond acceptors (Lipinski definition) is 5. The SMILES string of the molecule is Cc1cn2nc(NC(C)(C)CCC(=O)O)sc2n1. The highest BCUT2D eigenvalue weighted by atomic mass is 32.1. The van der Waals surface area contributed by atoms with Gasteiger partial charge in [0.2, 0.25) is 10.1 Å². The third-order valence-corrected chi connectivity index (χ3v) is 3.41. The Morgan fingerprint density at radius 2 is 2.33 bits per heavy atom. The highest BCUT2D eigenvalue weighted by Crippen LogP contribution is 2.24. The Bertz CT molecular complexity index is 541. The summed E-state index contributed by atoms with van der Waals surface area (Å²) in [6.45, 7) is 5.85. The van der Waals surface area contributed by atoms with Gasteiger partial charge in [-0.15, -0.1) is 5.10 Å². The quantitative estimate of drug-likeness (QED) is 0.868. The van der Waals surface area contributed by atoms with Crippen LogP contribution in [-0.2, 0) is 4.79 Å². The third kappa shape index (κ3) is 2.98. The van der Waals surface area contributed by atoms with Gasteiger partial charge in [-0.05, 0) is 27.2 Å². The first-order valence-corrected chi connectivity index (χ1v) is 6.50. The molecule has 7 heteroatoms. The Morgan fingerprint density at radius 1 is 1.61 bits per heavy atom. The van der Waals surface area contributed by atoms with E-state index in [0.29, 0.717) is 6.42 Å². The Balaban J connectivity index is 2.07. The summed E-state index contributed by atoms with van der Waals surface area (Å²) in [6, 6.07) is 0. The van der Waals surface area contributed by atoms with E-state index in [-0.39, 0.29) is 12.0 Å². The molecule has 0 aliphatic heterocycles. The average Bonchev–Trinajstić information content (AvgIpc) is 2.70. The minimum Gasteiger partial charge on any atom is -0.481 e. The Labute approximate surface area is 109 Å². The zero-order valence-electron chi connectivity index (χ0n) is 10.6. The lowest BCUT2D eigenvalue weighted by molar-refractivity contribution is -0.137. The number of anilines is 1. The number of aromatic nitrogens is 3. The predicted molar refractivity (Wildman–Crippen MR) is 70.2 cm³/mol. The first-order chi connectivity index (χ1) is 8.35. The van der Waals surface area contributed by atoms with E-state index in [0.717, 1.165) is 15.8 Å². The minimum atomic E-state index is -0.783. The summed E-state index contributed by atoms with van der Waals surface area (Å²) in [5.41, 5.74) is 0.633. The summed E-state index contributed by atoms with van der Waals surface area (Å²) in [5.74, 6) is -0.783. The zero-order chi connectivity index (χ0) is 13.3. The van der Waals surface area contributed by atoms with Crippen LogP contribution >= 0.6 is 11.3 Å². The van der Waals surface area contributed by atoms with Gasteiger partial charge in [0, 0.05) is 12.0 Å². The summed E-state index contributed by atoms with van der Waals surface area (Å²) in [7, 11) is 0. The molecule has 6 nitrogen and oxygen atoms in total. The van der Waals surface area contributed by atoms with Gasteiger partial charge < -0.3 is 10.4 Å². The molecule has 2 aromatic heterocycles. The molecular formula is C11H16N4O2S. The fourth-order valence-electron chi connectivity index (χ4n) is 1.63. The van der Waals surface area contributed by atoms with E-state index in [1.807, 2.05) is 27.0 Å². The number of imidazole rings is 1. The van der Waals surface area contributed by atoms with Crippen molar-refractivity contribution >= 4 is 27.4 Å². The van der Waals surface area contributed by atoms with Crippen molar-refractivity contribution in [2.45, 2.75) is 39.2 Å². The van der Waals surface area contributed by atoms with Gasteiger partial charge >= 0.3 is 5.97 Å². The van der Waals surface area contributed by atoms with Crippen molar-refractivity contribution in [3.05, 3.63) is 11.9 Å². The van der Waals surface area contributed by atoms with Crippen LogP contribution in [0.4, 0.5) is 5.13 Å². The number of fused-ring (bicyclic) bond motifs is 1. The smallest absolute Gasteiger partial charge is 0.303 e. The van der Waals surface area contributed by atoms with Crippen molar-refractivity contribution in [1.82, 2.24) is 14.6 Å². The lowest BCUT2D eigenvalue weighted by Crippen LogP contribution is -2.31. The molecule has 0 radical (unpaired) electrons. The van der Waals surface area contributed by atoms with Crippen LogP contribution in [0.3, 0.4) is 0 Å². The molecule has 0 aliphatic rings. The molecule has 2 heterocycles. The Hall–Kier alpha value is -1.63. The van der Waals surface area contributed by atoms with Crippen LogP contribution in [0.2, 0.25) is 0 Å². The van der Waals surface area contributed by atoms with E-state index in [2.05, 4.69) is 15.4 Å². The average molecular weight is 268 g/mol. The second kappa shape index (κ2) is 4.56. The highest BCUT2D eigenvalue weighted by Gasteiger charge is 2.20. The van der Waals surface area contributed by atoms with Crippen molar-refractivity contribution in [2.24, 2.45) is 0 Å². The van der Waals surface area contributed by atoms with Crippen molar-refractivity contribution in [3.8, 4) is 0 Å². The molecule has 0 saturated carbocycles. The molecule has 0 saturated heterocycles. The van der Waals surface area contributed by atoms with Gasteiger partial charge in [0.25, 0.3) is 0 Å². The van der Waals surface area contributed by atoms with Crippen molar-refractivity contribution in [2.75, 3.05) is 5.32 Å². The van der Waals surface area contributed by atoms with Crippen LogP contribution in [0.1, 0.15) is 32.4 Å². The van der Waals surface area contributed by atoms with Gasteiger partial charge in [0.05, 0.1) is 11.9 Å². The summed E-state index contributed by atoms with van der Waals surface area (Å²) in [6.07, 6.45) is 2.55. The molecule has 0 atom stereocenters. The lowest BCUT2D eigenvalue weighted by atomic mass is 9.99. The summed E-state index contributed by atoms with van der Waals surface area (Å²) < 4.78 is 1.73. The Kier molecular flexibility index (Phi) is 3.25. The van der Waals surface area contributed by atoms with Crippen LogP contribution < -0.4 is 5.32 Å². The molecule has 0 aromatic carbocycles.